The van der Waals surface area contributed by atoms with Crippen LogP contribution in [-0.2, 0) is 19.4 Å². The number of fused-ring (bicyclic) bond motifs is 3. The summed E-state index contributed by atoms with van der Waals surface area (Å²) in [6.07, 6.45) is -0.708. The van der Waals surface area contributed by atoms with Gasteiger partial charge in [0, 0.05) is 22.4 Å². The average molecular weight is 415 g/mol. The molecule has 0 spiro atoms. The van der Waals surface area contributed by atoms with Crippen LogP contribution in [0.2, 0.25) is 0 Å². The molecule has 1 fully saturated rings. The van der Waals surface area contributed by atoms with E-state index in [-0.39, 0.29) is 17.3 Å². The number of esters is 1. The fraction of sp³-hybridized carbons (Fsp3) is 0.333. The van der Waals surface area contributed by atoms with E-state index in [1.807, 2.05) is 36.4 Å². The molecular weight excluding hydrogens is 394 g/mol. The zero-order chi connectivity index (χ0) is 20.8. The van der Waals surface area contributed by atoms with Crippen molar-refractivity contribution in [3.63, 3.8) is 0 Å². The van der Waals surface area contributed by atoms with Crippen LogP contribution in [-0.4, -0.2) is 43.9 Å². The van der Waals surface area contributed by atoms with Gasteiger partial charge in [-0.2, -0.15) is 0 Å². The summed E-state index contributed by atoms with van der Waals surface area (Å²) in [5.74, 6) is -1.24. The quantitative estimate of drug-likeness (QED) is 0.658. The van der Waals surface area contributed by atoms with Crippen molar-refractivity contribution in [2.24, 2.45) is 0 Å². The number of hydrogen-bond donors (Lipinski definition) is 1. The Morgan fingerprint density at radius 2 is 1.93 bits per heavy atom. The number of furan rings is 1. The molecule has 1 N–H and O–H groups in total. The summed E-state index contributed by atoms with van der Waals surface area (Å²) in [5, 5.41) is 5.32. The highest BCUT2D eigenvalue weighted by Crippen LogP contribution is 2.32. The third kappa shape index (κ3) is 3.72. The van der Waals surface area contributed by atoms with E-state index in [0.717, 1.165) is 16.2 Å². The number of amides is 1. The van der Waals surface area contributed by atoms with E-state index in [1.165, 1.54) is 6.92 Å². The molecule has 2 aromatic carbocycles. The monoisotopic (exact) mass is 415 g/mol. The van der Waals surface area contributed by atoms with E-state index in [9.17, 15) is 18.0 Å². The van der Waals surface area contributed by atoms with Crippen LogP contribution in [0.15, 0.2) is 40.8 Å². The highest BCUT2D eigenvalue weighted by molar-refractivity contribution is 7.91. The lowest BCUT2D eigenvalue weighted by molar-refractivity contribution is -0.129. The van der Waals surface area contributed by atoms with Crippen molar-refractivity contribution in [3.8, 4) is 0 Å². The van der Waals surface area contributed by atoms with Crippen molar-refractivity contribution < 1.29 is 27.2 Å². The topological polar surface area (TPSA) is 103 Å². The van der Waals surface area contributed by atoms with Gasteiger partial charge < -0.3 is 14.5 Å². The predicted octanol–water partition coefficient (Wildman–Crippen LogP) is 2.74. The Kier molecular flexibility index (Phi) is 4.82. The molecule has 1 aromatic heterocycles. The maximum atomic E-state index is 12.6. The minimum atomic E-state index is -3.11. The van der Waals surface area contributed by atoms with E-state index in [2.05, 4.69) is 5.32 Å². The van der Waals surface area contributed by atoms with Gasteiger partial charge in [0.1, 0.15) is 5.58 Å². The van der Waals surface area contributed by atoms with Crippen molar-refractivity contribution in [2.45, 2.75) is 32.4 Å². The van der Waals surface area contributed by atoms with E-state index in [0.29, 0.717) is 17.6 Å². The summed E-state index contributed by atoms with van der Waals surface area (Å²) in [5.41, 5.74) is 1.24. The van der Waals surface area contributed by atoms with Crippen LogP contribution in [0.3, 0.4) is 0 Å². The van der Waals surface area contributed by atoms with Crippen LogP contribution < -0.4 is 5.32 Å². The lowest BCUT2D eigenvalue weighted by atomic mass is 10.1. The first-order valence-corrected chi connectivity index (χ1v) is 11.2. The Labute approximate surface area is 167 Å². The number of rotatable bonds is 4. The minimum absolute atomic E-state index is 0.0538. The third-order valence-electron chi connectivity index (χ3n) is 5.25. The second-order valence-electron chi connectivity index (χ2n) is 7.38. The highest BCUT2D eigenvalue weighted by atomic mass is 32.2. The summed E-state index contributed by atoms with van der Waals surface area (Å²) in [4.78, 5) is 24.9. The van der Waals surface area contributed by atoms with Crippen molar-refractivity contribution in [2.75, 3.05) is 11.5 Å². The Bertz CT molecular complexity index is 1230. The molecule has 2 heterocycles. The molecule has 29 heavy (non-hydrogen) atoms. The second-order valence-corrected chi connectivity index (χ2v) is 9.60. The first-order valence-electron chi connectivity index (χ1n) is 9.38. The molecule has 7 nitrogen and oxygen atoms in total. The number of aryl methyl sites for hydroxylation is 1. The van der Waals surface area contributed by atoms with E-state index in [1.54, 1.807) is 6.92 Å². The number of sulfone groups is 1. The molecule has 0 aliphatic carbocycles. The first-order chi connectivity index (χ1) is 13.7. The molecule has 152 valence electrons. The van der Waals surface area contributed by atoms with E-state index in [4.69, 9.17) is 9.15 Å². The van der Waals surface area contributed by atoms with Crippen molar-refractivity contribution >= 4 is 43.5 Å². The number of ether oxygens (including phenoxy) is 1. The predicted molar refractivity (Wildman–Crippen MR) is 109 cm³/mol. The molecule has 8 heteroatoms. The molecule has 1 amide bonds. The molecule has 0 saturated carbocycles. The third-order valence-corrected chi connectivity index (χ3v) is 7.01. The minimum Gasteiger partial charge on any atom is -0.448 e. The molecule has 0 bridgehead atoms. The maximum Gasteiger partial charge on any atom is 0.375 e. The van der Waals surface area contributed by atoms with Gasteiger partial charge in [0.2, 0.25) is 5.76 Å². The lowest BCUT2D eigenvalue weighted by Crippen LogP contribution is -2.42. The van der Waals surface area contributed by atoms with Crippen LogP contribution >= 0.6 is 0 Å². The van der Waals surface area contributed by atoms with Gasteiger partial charge in [0.15, 0.2) is 15.9 Å². The Balaban J connectivity index is 1.52. The molecule has 0 radical (unpaired) electrons. The Hall–Kier alpha value is -2.87. The van der Waals surface area contributed by atoms with Crippen molar-refractivity contribution in [1.29, 1.82) is 0 Å². The molecule has 1 saturated heterocycles. The number of nitrogens with one attached hydrogen (secondary N) is 1. The van der Waals surface area contributed by atoms with Crippen LogP contribution in [0, 0.1) is 6.92 Å². The van der Waals surface area contributed by atoms with Crippen LogP contribution in [0.4, 0.5) is 0 Å². The SMILES string of the molecule is Cc1c(C(=O)O[C@@H](C)C(=O)N[C@H]2CCS(=O)(=O)C2)oc2c1ccc1ccccc12. The molecule has 2 atom stereocenters. The fourth-order valence-electron chi connectivity index (χ4n) is 3.64. The summed E-state index contributed by atoms with van der Waals surface area (Å²) in [7, 11) is -3.11. The zero-order valence-corrected chi connectivity index (χ0v) is 16.9. The number of benzene rings is 2. The van der Waals surface area contributed by atoms with Gasteiger partial charge in [0.05, 0.1) is 11.5 Å². The van der Waals surface area contributed by atoms with E-state index < -0.39 is 33.9 Å². The second kappa shape index (κ2) is 7.18. The van der Waals surface area contributed by atoms with Gasteiger partial charge in [0.25, 0.3) is 5.91 Å². The molecular formula is C21H21NO6S. The van der Waals surface area contributed by atoms with E-state index >= 15 is 0 Å². The number of hydrogen-bond acceptors (Lipinski definition) is 6. The normalized spacial score (nSPS) is 19.3. The largest absolute Gasteiger partial charge is 0.448 e. The molecule has 4 rings (SSSR count). The van der Waals surface area contributed by atoms with Crippen LogP contribution in [0.5, 0.6) is 0 Å². The van der Waals surface area contributed by atoms with Crippen LogP contribution in [0.25, 0.3) is 21.7 Å². The summed E-state index contributed by atoms with van der Waals surface area (Å²) >= 11 is 0. The van der Waals surface area contributed by atoms with Crippen molar-refractivity contribution in [3.05, 3.63) is 47.7 Å². The molecule has 1 aliphatic rings. The van der Waals surface area contributed by atoms with Gasteiger partial charge in [-0.1, -0.05) is 36.4 Å². The summed E-state index contributed by atoms with van der Waals surface area (Å²) in [6, 6.07) is 11.1. The van der Waals surface area contributed by atoms with Gasteiger partial charge >= 0.3 is 5.97 Å². The molecule has 1 aliphatic heterocycles. The van der Waals surface area contributed by atoms with Gasteiger partial charge in [-0.25, -0.2) is 13.2 Å². The smallest absolute Gasteiger partial charge is 0.375 e. The number of carbonyl (C=O) groups is 2. The first kappa shape index (κ1) is 19.4. The Morgan fingerprint density at radius 3 is 2.66 bits per heavy atom. The lowest BCUT2D eigenvalue weighted by Gasteiger charge is -2.16. The summed E-state index contributed by atoms with van der Waals surface area (Å²) in [6.45, 7) is 3.22. The van der Waals surface area contributed by atoms with Crippen molar-refractivity contribution in [1.82, 2.24) is 5.32 Å². The average Bonchev–Trinajstić information content (AvgIpc) is 3.20. The highest BCUT2D eigenvalue weighted by Gasteiger charge is 2.31. The van der Waals surface area contributed by atoms with Crippen LogP contribution in [0.1, 0.15) is 29.5 Å². The Morgan fingerprint density at radius 1 is 1.17 bits per heavy atom. The molecule has 0 unspecified atom stereocenters. The van der Waals surface area contributed by atoms with Gasteiger partial charge in [-0.05, 0) is 25.7 Å². The van der Waals surface area contributed by atoms with Gasteiger partial charge in [-0.3, -0.25) is 4.79 Å². The zero-order valence-electron chi connectivity index (χ0n) is 16.1. The number of carbonyl (C=O) groups excluding carboxylic acids is 2. The summed E-state index contributed by atoms with van der Waals surface area (Å²) < 4.78 is 34.2. The standard InChI is InChI=1S/C21H21NO6S/c1-12-16-8-7-14-5-3-4-6-17(14)19(16)28-18(12)21(24)27-13(2)20(23)22-15-9-10-29(25,26)11-15/h3-8,13,15H,9-11H2,1-2H3,(H,22,23)/t13-,15-/m0/s1. The van der Waals surface area contributed by atoms with Gasteiger partial charge in [-0.15, -0.1) is 0 Å². The fourth-order valence-corrected chi connectivity index (χ4v) is 5.31. The maximum absolute atomic E-state index is 12.6. The molecule has 3 aromatic rings.